The highest BCUT2D eigenvalue weighted by atomic mass is 16.5. The Morgan fingerprint density at radius 2 is 2.04 bits per heavy atom. The van der Waals surface area contributed by atoms with E-state index in [4.69, 9.17) is 10.00 Å². The van der Waals surface area contributed by atoms with Gasteiger partial charge in [-0.25, -0.2) is 0 Å². The molecule has 2 rings (SSSR count). The summed E-state index contributed by atoms with van der Waals surface area (Å²) in [7, 11) is 0. The molecule has 120 valence electrons. The molecule has 1 aromatic rings. The summed E-state index contributed by atoms with van der Waals surface area (Å²) in [5, 5.41) is 11.5. The van der Waals surface area contributed by atoms with Gasteiger partial charge in [-0.3, -0.25) is 5.32 Å². The highest BCUT2D eigenvalue weighted by molar-refractivity contribution is 5.61. The van der Waals surface area contributed by atoms with Gasteiger partial charge in [-0.2, -0.15) is 5.26 Å². The maximum absolute atomic E-state index is 8.81. The fourth-order valence-corrected chi connectivity index (χ4v) is 2.48. The van der Waals surface area contributed by atoms with E-state index in [0.717, 1.165) is 42.0 Å². The second-order valence-electron chi connectivity index (χ2n) is 5.60. The Kier molecular flexibility index (Phi) is 7.00. The second-order valence-corrected chi connectivity index (χ2v) is 5.60. The Balaban J connectivity index is 1.92. The van der Waals surface area contributed by atoms with Crippen molar-refractivity contribution in [1.82, 2.24) is 5.32 Å². The van der Waals surface area contributed by atoms with E-state index in [-0.39, 0.29) is 0 Å². The maximum atomic E-state index is 8.81. The van der Waals surface area contributed by atoms with Crippen molar-refractivity contribution in [2.75, 3.05) is 6.61 Å². The third-order valence-corrected chi connectivity index (χ3v) is 3.76. The average Bonchev–Trinajstić information content (AvgIpc) is 2.58. The molecule has 3 heteroatoms. The molecule has 1 aliphatic carbocycles. The minimum atomic E-state index is 0.782. The summed E-state index contributed by atoms with van der Waals surface area (Å²) < 4.78 is 5.76. The van der Waals surface area contributed by atoms with E-state index >= 15 is 0 Å². The molecular weight excluding hydrogens is 284 g/mol. The lowest BCUT2D eigenvalue weighted by molar-refractivity contribution is 0.305. The van der Waals surface area contributed by atoms with Crippen LogP contribution in [0.4, 0.5) is 0 Å². The quantitative estimate of drug-likeness (QED) is 0.420. The highest BCUT2D eigenvalue weighted by Crippen LogP contribution is 2.22. The normalized spacial score (nSPS) is 15.1. The summed E-state index contributed by atoms with van der Waals surface area (Å²) >= 11 is 0. The van der Waals surface area contributed by atoms with Crippen molar-refractivity contribution in [3.05, 3.63) is 59.3 Å². The molecule has 1 aliphatic rings. The van der Waals surface area contributed by atoms with Crippen LogP contribution in [-0.2, 0) is 0 Å². The van der Waals surface area contributed by atoms with Gasteiger partial charge in [0.1, 0.15) is 5.75 Å². The molecule has 0 heterocycles. The Morgan fingerprint density at radius 1 is 1.22 bits per heavy atom. The zero-order valence-electron chi connectivity index (χ0n) is 13.7. The molecule has 0 saturated heterocycles. The van der Waals surface area contributed by atoms with E-state index in [1.165, 1.54) is 19.3 Å². The van der Waals surface area contributed by atoms with Gasteiger partial charge >= 0.3 is 0 Å². The zero-order chi connectivity index (χ0) is 16.3. The lowest BCUT2D eigenvalue weighted by atomic mass is 10.0. The van der Waals surface area contributed by atoms with Crippen molar-refractivity contribution < 1.29 is 4.74 Å². The van der Waals surface area contributed by atoms with Crippen LogP contribution in [0.1, 0.15) is 44.6 Å². The molecule has 0 unspecified atom stereocenters. The van der Waals surface area contributed by atoms with Crippen LogP contribution in [0, 0.1) is 11.5 Å². The molecule has 0 bridgehead atoms. The van der Waals surface area contributed by atoms with E-state index in [9.17, 15) is 0 Å². The maximum Gasteiger partial charge on any atom is 0.181 e. The summed E-state index contributed by atoms with van der Waals surface area (Å²) in [5.74, 6) is 0.915. The number of nitrogens with zero attached hydrogens (tertiary/aromatic N) is 1. The molecule has 0 aromatic heterocycles. The molecule has 3 nitrogen and oxygen atoms in total. The second kappa shape index (κ2) is 9.53. The van der Waals surface area contributed by atoms with Crippen molar-refractivity contribution in [2.45, 2.75) is 39.0 Å². The zero-order valence-corrected chi connectivity index (χ0v) is 13.7. The van der Waals surface area contributed by atoms with Gasteiger partial charge in [-0.15, -0.1) is 0 Å². The molecule has 0 saturated carbocycles. The van der Waals surface area contributed by atoms with Gasteiger partial charge < -0.3 is 4.74 Å². The van der Waals surface area contributed by atoms with E-state index in [0.29, 0.717) is 0 Å². The van der Waals surface area contributed by atoms with E-state index in [1.807, 2.05) is 30.5 Å². The fraction of sp³-hybridized carbons (Fsp3) is 0.350. The number of ether oxygens (including phenoxy) is 1. The van der Waals surface area contributed by atoms with Gasteiger partial charge in [0, 0.05) is 0 Å². The molecule has 0 fully saturated rings. The number of nitriles is 1. The van der Waals surface area contributed by atoms with Crippen LogP contribution in [0.3, 0.4) is 0 Å². The first-order valence-corrected chi connectivity index (χ1v) is 8.29. The predicted molar refractivity (Wildman–Crippen MR) is 94.6 cm³/mol. The first-order chi connectivity index (χ1) is 11.3. The first kappa shape index (κ1) is 16.9. The molecule has 0 radical (unpaired) electrons. The lowest BCUT2D eigenvalue weighted by Crippen LogP contribution is -2.09. The number of rotatable bonds is 8. The van der Waals surface area contributed by atoms with Gasteiger partial charge in [0.2, 0.25) is 0 Å². The van der Waals surface area contributed by atoms with Gasteiger partial charge in [-0.05, 0) is 48.3 Å². The lowest BCUT2D eigenvalue weighted by Gasteiger charge is -2.12. The number of hydrogen-bond acceptors (Lipinski definition) is 3. The number of unbranched alkanes of at least 4 members (excludes halogenated alkanes) is 3. The molecule has 0 aliphatic heterocycles. The summed E-state index contributed by atoms with van der Waals surface area (Å²) in [6, 6.07) is 8.12. The summed E-state index contributed by atoms with van der Waals surface area (Å²) in [6.07, 6.45) is 15.8. The number of benzene rings is 1. The minimum Gasteiger partial charge on any atom is -0.494 e. The number of nitrogens with one attached hydrogen (secondary N) is 1. The van der Waals surface area contributed by atoms with Gasteiger partial charge in [0.15, 0.2) is 6.19 Å². The van der Waals surface area contributed by atoms with Gasteiger partial charge in [-0.1, -0.05) is 50.5 Å². The third kappa shape index (κ3) is 5.67. The van der Waals surface area contributed by atoms with Crippen LogP contribution in [0.5, 0.6) is 5.75 Å². The molecule has 0 atom stereocenters. The van der Waals surface area contributed by atoms with Crippen molar-refractivity contribution in [2.24, 2.45) is 0 Å². The van der Waals surface area contributed by atoms with Crippen molar-refractivity contribution in [3.8, 4) is 11.9 Å². The Bertz CT molecular complexity index is 618. The average molecular weight is 308 g/mol. The molecule has 0 spiro atoms. The van der Waals surface area contributed by atoms with Gasteiger partial charge in [0.25, 0.3) is 0 Å². The predicted octanol–water partition coefficient (Wildman–Crippen LogP) is 4.94. The van der Waals surface area contributed by atoms with Crippen molar-refractivity contribution >= 4 is 6.08 Å². The monoisotopic (exact) mass is 308 g/mol. The molecular formula is C20H24N2O. The number of hydrogen-bond donors (Lipinski definition) is 1. The number of allylic oxidation sites excluding steroid dienone is 4. The van der Waals surface area contributed by atoms with Crippen molar-refractivity contribution in [1.29, 1.82) is 5.26 Å². The molecule has 1 aromatic carbocycles. The fourth-order valence-electron chi connectivity index (χ4n) is 2.48. The van der Waals surface area contributed by atoms with E-state index in [2.05, 4.69) is 36.5 Å². The van der Waals surface area contributed by atoms with Crippen molar-refractivity contribution in [3.63, 3.8) is 0 Å². The summed E-state index contributed by atoms with van der Waals surface area (Å²) in [6.45, 7) is 2.99. The SMILES string of the molecule is CCCCCCOc1ccc(C=C2CC=CC=C2NC#N)cc1. The first-order valence-electron chi connectivity index (χ1n) is 8.29. The smallest absolute Gasteiger partial charge is 0.181 e. The topological polar surface area (TPSA) is 45.0 Å². The van der Waals surface area contributed by atoms with E-state index < -0.39 is 0 Å². The third-order valence-electron chi connectivity index (χ3n) is 3.76. The van der Waals surface area contributed by atoms with E-state index in [1.54, 1.807) is 0 Å². The van der Waals surface area contributed by atoms with Gasteiger partial charge in [0.05, 0.1) is 12.3 Å². The highest BCUT2D eigenvalue weighted by Gasteiger charge is 2.06. The Morgan fingerprint density at radius 3 is 2.78 bits per heavy atom. The van der Waals surface area contributed by atoms with Crippen LogP contribution in [0.15, 0.2) is 53.8 Å². The minimum absolute atomic E-state index is 0.782. The summed E-state index contributed by atoms with van der Waals surface area (Å²) in [5.41, 5.74) is 3.09. The Hall–Kier alpha value is -2.47. The van der Waals surface area contributed by atoms with Crippen LogP contribution in [0.25, 0.3) is 6.08 Å². The molecule has 0 amide bonds. The van der Waals surface area contributed by atoms with Crippen LogP contribution >= 0.6 is 0 Å². The molecule has 23 heavy (non-hydrogen) atoms. The van der Waals surface area contributed by atoms with Crippen LogP contribution in [-0.4, -0.2) is 6.61 Å². The largest absolute Gasteiger partial charge is 0.494 e. The Labute approximate surface area is 139 Å². The molecule has 1 N–H and O–H groups in total. The van der Waals surface area contributed by atoms with Crippen LogP contribution in [0.2, 0.25) is 0 Å². The summed E-state index contributed by atoms with van der Waals surface area (Å²) in [4.78, 5) is 0. The van der Waals surface area contributed by atoms with Crippen LogP contribution < -0.4 is 10.1 Å². The standard InChI is InChI=1S/C20H24N2O/c1-2-3-4-7-14-23-19-12-10-17(11-13-19)15-18-8-5-6-9-20(18)22-16-21/h5-6,9-13,15,22H,2-4,7-8,14H2,1H3.